The van der Waals surface area contributed by atoms with Gasteiger partial charge in [0.1, 0.15) is 0 Å². The summed E-state index contributed by atoms with van der Waals surface area (Å²) in [6, 6.07) is 0. The zero-order chi connectivity index (χ0) is 13.1. The summed E-state index contributed by atoms with van der Waals surface area (Å²) < 4.78 is 0. The fourth-order valence-electron chi connectivity index (χ4n) is 1.39. The molecule has 0 heterocycles. The molecule has 0 fully saturated rings. The van der Waals surface area contributed by atoms with Crippen LogP contribution >= 0.6 is 0 Å². The first-order valence-corrected chi connectivity index (χ1v) is 5.22. The first kappa shape index (κ1) is 14.7. The average molecular weight is 227 g/mol. The lowest BCUT2D eigenvalue weighted by atomic mass is 9.96. The van der Waals surface area contributed by atoms with Crippen molar-refractivity contribution >= 4 is 11.9 Å². The number of aliphatic carboxylic acids is 1. The number of hydrogen-bond acceptors (Lipinski definition) is 2. The van der Waals surface area contributed by atoms with E-state index in [2.05, 4.69) is 0 Å². The minimum atomic E-state index is -1.05. The van der Waals surface area contributed by atoms with Crippen molar-refractivity contribution in [1.29, 1.82) is 0 Å². The Hall–Kier alpha value is -1.32. The lowest BCUT2D eigenvalue weighted by molar-refractivity contribution is -0.133. The first-order valence-electron chi connectivity index (χ1n) is 5.22. The van der Waals surface area contributed by atoms with Gasteiger partial charge in [-0.3, -0.25) is 4.79 Å². The molecule has 16 heavy (non-hydrogen) atoms. The number of amides is 1. The van der Waals surface area contributed by atoms with E-state index in [1.54, 1.807) is 18.9 Å². The van der Waals surface area contributed by atoms with Crippen molar-refractivity contribution in [3.63, 3.8) is 0 Å². The predicted molar refractivity (Wildman–Crippen MR) is 63.1 cm³/mol. The molecule has 0 aromatic carbocycles. The maximum atomic E-state index is 11.9. The van der Waals surface area contributed by atoms with Gasteiger partial charge in [-0.25, -0.2) is 4.79 Å². The molecule has 92 valence electrons. The van der Waals surface area contributed by atoms with Crippen molar-refractivity contribution in [2.24, 2.45) is 5.41 Å². The second kappa shape index (κ2) is 5.14. The number of hydrogen-bond donors (Lipinski definition) is 1. The summed E-state index contributed by atoms with van der Waals surface area (Å²) in [5, 5.41) is 8.79. The van der Waals surface area contributed by atoms with Gasteiger partial charge in [0.2, 0.25) is 5.91 Å². The molecule has 0 aliphatic rings. The minimum Gasteiger partial charge on any atom is -0.478 e. The quantitative estimate of drug-likeness (QED) is 0.749. The SMILES string of the molecule is CC(C(=O)O)=C(C)C(=O)N(C)CC(C)(C)C. The molecule has 0 bridgehead atoms. The second-order valence-corrected chi connectivity index (χ2v) is 5.28. The van der Waals surface area contributed by atoms with Crippen LogP contribution < -0.4 is 0 Å². The Bertz CT molecular complexity index is 324. The maximum Gasteiger partial charge on any atom is 0.331 e. The van der Waals surface area contributed by atoms with E-state index in [9.17, 15) is 9.59 Å². The summed E-state index contributed by atoms with van der Waals surface area (Å²) in [6.45, 7) is 9.67. The van der Waals surface area contributed by atoms with Crippen LogP contribution in [0.4, 0.5) is 0 Å². The molecule has 4 nitrogen and oxygen atoms in total. The fourth-order valence-corrected chi connectivity index (χ4v) is 1.39. The van der Waals surface area contributed by atoms with Gasteiger partial charge in [-0.2, -0.15) is 0 Å². The highest BCUT2D eigenvalue weighted by molar-refractivity contribution is 6.01. The van der Waals surface area contributed by atoms with Crippen LogP contribution in [0.5, 0.6) is 0 Å². The van der Waals surface area contributed by atoms with Gasteiger partial charge < -0.3 is 10.0 Å². The monoisotopic (exact) mass is 227 g/mol. The van der Waals surface area contributed by atoms with Crippen LogP contribution in [0, 0.1) is 5.41 Å². The van der Waals surface area contributed by atoms with Crippen molar-refractivity contribution in [2.45, 2.75) is 34.6 Å². The highest BCUT2D eigenvalue weighted by Gasteiger charge is 2.20. The van der Waals surface area contributed by atoms with E-state index < -0.39 is 5.97 Å². The molecule has 1 N–H and O–H groups in total. The highest BCUT2D eigenvalue weighted by Crippen LogP contribution is 2.16. The van der Waals surface area contributed by atoms with Gasteiger partial charge in [-0.1, -0.05) is 20.8 Å². The van der Waals surface area contributed by atoms with E-state index in [0.717, 1.165) is 0 Å². The van der Waals surface area contributed by atoms with Gasteiger partial charge in [0, 0.05) is 24.7 Å². The Labute approximate surface area is 96.9 Å². The third-order valence-corrected chi connectivity index (χ3v) is 2.26. The molecule has 1 amide bonds. The molecule has 0 aromatic rings. The lowest BCUT2D eigenvalue weighted by Gasteiger charge is -2.27. The smallest absolute Gasteiger partial charge is 0.331 e. The molecule has 0 atom stereocenters. The van der Waals surface area contributed by atoms with Crippen LogP contribution in [0.3, 0.4) is 0 Å². The standard InChI is InChI=1S/C12H21NO3/c1-8(9(2)11(15)16)10(14)13(6)7-12(3,4)5/h7H2,1-6H3,(H,15,16). The summed E-state index contributed by atoms with van der Waals surface area (Å²) in [5.41, 5.74) is 0.395. The number of carboxylic acid groups (broad SMARTS) is 1. The molecule has 0 aliphatic heterocycles. The van der Waals surface area contributed by atoms with Crippen LogP contribution in [0.25, 0.3) is 0 Å². The van der Waals surface area contributed by atoms with Gasteiger partial charge in [0.25, 0.3) is 0 Å². The molecule has 0 spiro atoms. The summed E-state index contributed by atoms with van der Waals surface area (Å²) >= 11 is 0. The van der Waals surface area contributed by atoms with Crippen molar-refractivity contribution in [3.8, 4) is 0 Å². The molecule has 0 saturated heterocycles. The zero-order valence-electron chi connectivity index (χ0n) is 10.9. The number of nitrogens with zero attached hydrogens (tertiary/aromatic N) is 1. The van der Waals surface area contributed by atoms with E-state index in [0.29, 0.717) is 12.1 Å². The molecule has 4 heteroatoms. The lowest BCUT2D eigenvalue weighted by Crippen LogP contribution is -2.35. The number of carboxylic acids is 1. The zero-order valence-corrected chi connectivity index (χ0v) is 10.9. The third kappa shape index (κ3) is 4.47. The molecule has 0 aromatic heterocycles. The van der Waals surface area contributed by atoms with Crippen molar-refractivity contribution in [3.05, 3.63) is 11.1 Å². The Balaban J connectivity index is 4.82. The molecular weight excluding hydrogens is 206 g/mol. The molecule has 0 radical (unpaired) electrons. The highest BCUT2D eigenvalue weighted by atomic mass is 16.4. The maximum absolute atomic E-state index is 11.9. The van der Waals surface area contributed by atoms with Crippen LogP contribution in [0.1, 0.15) is 34.6 Å². The van der Waals surface area contributed by atoms with Gasteiger partial charge in [0.05, 0.1) is 0 Å². The largest absolute Gasteiger partial charge is 0.478 e. The molecular formula is C12H21NO3. The van der Waals surface area contributed by atoms with E-state index in [-0.39, 0.29) is 16.9 Å². The molecule has 0 aliphatic carbocycles. The van der Waals surface area contributed by atoms with Crippen LogP contribution in [0.2, 0.25) is 0 Å². The number of rotatable bonds is 3. The first-order chi connectivity index (χ1) is 7.06. The molecule has 0 saturated carbocycles. The Morgan fingerprint density at radius 3 is 1.88 bits per heavy atom. The van der Waals surface area contributed by atoms with Crippen LogP contribution in [-0.2, 0) is 9.59 Å². The van der Waals surface area contributed by atoms with Gasteiger partial charge in [-0.05, 0) is 19.3 Å². The van der Waals surface area contributed by atoms with Gasteiger partial charge in [0.15, 0.2) is 0 Å². The Kier molecular flexibility index (Phi) is 4.72. The van der Waals surface area contributed by atoms with E-state index >= 15 is 0 Å². The normalized spacial score (nSPS) is 13.1. The number of likely N-dealkylation sites (N-methyl/N-ethyl adjacent to an activating group) is 1. The van der Waals surface area contributed by atoms with E-state index in [1.807, 2.05) is 20.8 Å². The summed E-state index contributed by atoms with van der Waals surface area (Å²) in [7, 11) is 1.69. The average Bonchev–Trinajstić information content (AvgIpc) is 2.11. The Morgan fingerprint density at radius 2 is 1.56 bits per heavy atom. The molecule has 0 rings (SSSR count). The summed E-state index contributed by atoms with van der Waals surface area (Å²) in [6.07, 6.45) is 0. The van der Waals surface area contributed by atoms with Crippen molar-refractivity contribution < 1.29 is 14.7 Å². The van der Waals surface area contributed by atoms with Gasteiger partial charge >= 0.3 is 5.97 Å². The number of carbonyl (C=O) groups is 2. The van der Waals surface area contributed by atoms with Crippen LogP contribution in [0.15, 0.2) is 11.1 Å². The second-order valence-electron chi connectivity index (χ2n) is 5.28. The summed E-state index contributed by atoms with van der Waals surface area (Å²) in [4.78, 5) is 24.2. The minimum absolute atomic E-state index is 0.00180. The third-order valence-electron chi connectivity index (χ3n) is 2.26. The number of carbonyl (C=O) groups excluding carboxylic acids is 1. The van der Waals surface area contributed by atoms with Gasteiger partial charge in [-0.15, -0.1) is 0 Å². The molecule has 0 unspecified atom stereocenters. The predicted octanol–water partition coefficient (Wildman–Crippen LogP) is 1.91. The fraction of sp³-hybridized carbons (Fsp3) is 0.667. The van der Waals surface area contributed by atoms with E-state index in [4.69, 9.17) is 5.11 Å². The Morgan fingerprint density at radius 1 is 1.12 bits per heavy atom. The van der Waals surface area contributed by atoms with E-state index in [1.165, 1.54) is 6.92 Å². The topological polar surface area (TPSA) is 57.6 Å². The van der Waals surface area contributed by atoms with Crippen molar-refractivity contribution in [1.82, 2.24) is 4.90 Å². The van der Waals surface area contributed by atoms with Crippen molar-refractivity contribution in [2.75, 3.05) is 13.6 Å². The summed E-state index contributed by atoms with van der Waals surface area (Å²) in [5.74, 6) is -1.27. The van der Waals surface area contributed by atoms with Crippen LogP contribution in [-0.4, -0.2) is 35.5 Å².